The molecule has 0 spiro atoms. The number of hydrogen-bond donors (Lipinski definition) is 3. The number of hydrogen-bond acceptors (Lipinski definition) is 3. The van der Waals surface area contributed by atoms with E-state index in [1.165, 1.54) is 0 Å². The molecule has 0 atom stereocenters. The van der Waals surface area contributed by atoms with Crippen molar-refractivity contribution in [1.29, 1.82) is 0 Å². The highest BCUT2D eigenvalue weighted by Gasteiger charge is 2.01. The van der Waals surface area contributed by atoms with Gasteiger partial charge >= 0.3 is 0 Å². The molecule has 0 fully saturated rings. The lowest BCUT2D eigenvalue weighted by Crippen LogP contribution is -2.32. The highest BCUT2D eigenvalue weighted by molar-refractivity contribution is 5.80. The number of rotatable bonds is 5. The fraction of sp³-hybridized carbons (Fsp3) is 0.417. The minimum atomic E-state index is -0.00359. The summed E-state index contributed by atoms with van der Waals surface area (Å²) < 4.78 is 0. The molecule has 4 N–H and O–H groups in total. The van der Waals surface area contributed by atoms with Gasteiger partial charge in [-0.05, 0) is 24.1 Å². The largest absolute Gasteiger partial charge is 0.399 e. The Morgan fingerprint density at radius 2 is 2.19 bits per heavy atom. The summed E-state index contributed by atoms with van der Waals surface area (Å²) in [6.07, 6.45) is 0. The zero-order valence-corrected chi connectivity index (χ0v) is 9.79. The van der Waals surface area contributed by atoms with Crippen molar-refractivity contribution in [3.05, 3.63) is 24.3 Å². The van der Waals surface area contributed by atoms with Gasteiger partial charge in [0.25, 0.3) is 0 Å². The SMILES string of the molecule is CC(C)CNC(=O)CNc1cccc(N)c1. The fourth-order valence-electron chi connectivity index (χ4n) is 1.21. The fourth-order valence-corrected chi connectivity index (χ4v) is 1.21. The minimum absolute atomic E-state index is 0.00359. The third kappa shape index (κ3) is 4.68. The Kier molecular flexibility index (Phi) is 4.64. The van der Waals surface area contributed by atoms with E-state index in [4.69, 9.17) is 5.73 Å². The quantitative estimate of drug-likeness (QED) is 0.659. The molecule has 0 aliphatic carbocycles. The summed E-state index contributed by atoms with van der Waals surface area (Å²) in [4.78, 5) is 11.4. The van der Waals surface area contributed by atoms with Crippen LogP contribution in [0.3, 0.4) is 0 Å². The summed E-state index contributed by atoms with van der Waals surface area (Å²) >= 11 is 0. The van der Waals surface area contributed by atoms with Crippen molar-refractivity contribution in [2.24, 2.45) is 5.92 Å². The number of nitrogen functional groups attached to an aromatic ring is 1. The van der Waals surface area contributed by atoms with Crippen LogP contribution in [0.25, 0.3) is 0 Å². The first-order valence-electron chi connectivity index (χ1n) is 5.44. The van der Waals surface area contributed by atoms with Gasteiger partial charge in [0.15, 0.2) is 0 Å². The van der Waals surface area contributed by atoms with Crippen molar-refractivity contribution < 1.29 is 4.79 Å². The summed E-state index contributed by atoms with van der Waals surface area (Å²) in [5, 5.41) is 5.85. The number of nitrogens with one attached hydrogen (secondary N) is 2. The number of amides is 1. The Morgan fingerprint density at radius 1 is 1.44 bits per heavy atom. The lowest BCUT2D eigenvalue weighted by atomic mass is 10.2. The van der Waals surface area contributed by atoms with Gasteiger partial charge in [0.1, 0.15) is 0 Å². The van der Waals surface area contributed by atoms with E-state index in [2.05, 4.69) is 24.5 Å². The third-order valence-electron chi connectivity index (χ3n) is 2.05. The van der Waals surface area contributed by atoms with Crippen molar-refractivity contribution in [1.82, 2.24) is 5.32 Å². The van der Waals surface area contributed by atoms with E-state index < -0.39 is 0 Å². The van der Waals surface area contributed by atoms with E-state index in [-0.39, 0.29) is 12.5 Å². The minimum Gasteiger partial charge on any atom is -0.399 e. The van der Waals surface area contributed by atoms with Crippen LogP contribution >= 0.6 is 0 Å². The predicted octanol–water partition coefficient (Wildman–Crippen LogP) is 1.45. The molecule has 1 amide bonds. The molecular formula is C12H19N3O. The maximum atomic E-state index is 11.4. The van der Waals surface area contributed by atoms with Crippen LogP contribution in [0.4, 0.5) is 11.4 Å². The first-order valence-corrected chi connectivity index (χ1v) is 5.44. The van der Waals surface area contributed by atoms with Crippen molar-refractivity contribution in [2.75, 3.05) is 24.1 Å². The molecular weight excluding hydrogens is 202 g/mol. The summed E-state index contributed by atoms with van der Waals surface area (Å²) in [5.74, 6) is 0.465. The second kappa shape index (κ2) is 6.00. The number of benzene rings is 1. The van der Waals surface area contributed by atoms with E-state index in [9.17, 15) is 4.79 Å². The van der Waals surface area contributed by atoms with Gasteiger partial charge in [0.2, 0.25) is 5.91 Å². The molecule has 0 aliphatic heterocycles. The zero-order chi connectivity index (χ0) is 12.0. The first-order chi connectivity index (χ1) is 7.58. The summed E-state index contributed by atoms with van der Waals surface area (Å²) in [6, 6.07) is 7.34. The van der Waals surface area contributed by atoms with Gasteiger partial charge in [-0.15, -0.1) is 0 Å². The van der Waals surface area contributed by atoms with Crippen LogP contribution in [0, 0.1) is 5.92 Å². The van der Waals surface area contributed by atoms with Crippen LogP contribution in [0.1, 0.15) is 13.8 Å². The van der Waals surface area contributed by atoms with Crippen molar-refractivity contribution in [2.45, 2.75) is 13.8 Å². The molecule has 1 aromatic rings. The molecule has 0 unspecified atom stereocenters. The molecule has 1 rings (SSSR count). The van der Waals surface area contributed by atoms with E-state index in [0.717, 1.165) is 5.69 Å². The molecule has 0 bridgehead atoms. The Labute approximate surface area is 96.2 Å². The van der Waals surface area contributed by atoms with Gasteiger partial charge in [-0.2, -0.15) is 0 Å². The van der Waals surface area contributed by atoms with E-state index in [1.807, 2.05) is 18.2 Å². The summed E-state index contributed by atoms with van der Waals surface area (Å²) in [5.41, 5.74) is 7.17. The lowest BCUT2D eigenvalue weighted by Gasteiger charge is -2.09. The lowest BCUT2D eigenvalue weighted by molar-refractivity contribution is -0.119. The second-order valence-corrected chi connectivity index (χ2v) is 4.18. The summed E-state index contributed by atoms with van der Waals surface area (Å²) in [6.45, 7) is 5.10. The van der Waals surface area contributed by atoms with Gasteiger partial charge in [0, 0.05) is 17.9 Å². The molecule has 16 heavy (non-hydrogen) atoms. The van der Waals surface area contributed by atoms with Gasteiger partial charge in [-0.1, -0.05) is 19.9 Å². The molecule has 1 aromatic carbocycles. The summed E-state index contributed by atoms with van der Waals surface area (Å²) in [7, 11) is 0. The molecule has 0 aliphatic rings. The molecule has 88 valence electrons. The molecule has 4 nitrogen and oxygen atoms in total. The van der Waals surface area contributed by atoms with Crippen molar-refractivity contribution >= 4 is 17.3 Å². The smallest absolute Gasteiger partial charge is 0.239 e. The topological polar surface area (TPSA) is 67.2 Å². The standard InChI is InChI=1S/C12H19N3O/c1-9(2)7-15-12(16)8-14-11-5-3-4-10(13)6-11/h3-6,9,14H,7-8,13H2,1-2H3,(H,15,16). The van der Waals surface area contributed by atoms with Gasteiger partial charge in [0.05, 0.1) is 6.54 Å². The van der Waals surface area contributed by atoms with E-state index in [1.54, 1.807) is 6.07 Å². The molecule has 0 saturated heterocycles. The van der Waals surface area contributed by atoms with Crippen LogP contribution in [0.2, 0.25) is 0 Å². The Balaban J connectivity index is 2.31. The highest BCUT2D eigenvalue weighted by Crippen LogP contribution is 2.10. The van der Waals surface area contributed by atoms with Gasteiger partial charge < -0.3 is 16.4 Å². The third-order valence-corrected chi connectivity index (χ3v) is 2.05. The predicted molar refractivity (Wildman–Crippen MR) is 67.2 cm³/mol. The normalized spacial score (nSPS) is 10.2. The number of anilines is 2. The van der Waals surface area contributed by atoms with Crippen LogP contribution < -0.4 is 16.4 Å². The van der Waals surface area contributed by atoms with E-state index >= 15 is 0 Å². The van der Waals surface area contributed by atoms with Crippen LogP contribution in [0.15, 0.2) is 24.3 Å². The number of carbonyl (C=O) groups excluding carboxylic acids is 1. The van der Waals surface area contributed by atoms with Crippen molar-refractivity contribution in [3.8, 4) is 0 Å². The van der Waals surface area contributed by atoms with Crippen LogP contribution in [-0.4, -0.2) is 19.0 Å². The second-order valence-electron chi connectivity index (χ2n) is 4.18. The molecule has 0 saturated carbocycles. The average Bonchev–Trinajstić information content (AvgIpc) is 2.23. The molecule has 0 heterocycles. The number of carbonyl (C=O) groups is 1. The maximum absolute atomic E-state index is 11.4. The van der Waals surface area contributed by atoms with Crippen LogP contribution in [-0.2, 0) is 4.79 Å². The maximum Gasteiger partial charge on any atom is 0.239 e. The Hall–Kier alpha value is -1.71. The Morgan fingerprint density at radius 3 is 2.81 bits per heavy atom. The Bertz CT molecular complexity index is 350. The monoisotopic (exact) mass is 221 g/mol. The highest BCUT2D eigenvalue weighted by atomic mass is 16.1. The van der Waals surface area contributed by atoms with Crippen molar-refractivity contribution in [3.63, 3.8) is 0 Å². The van der Waals surface area contributed by atoms with Gasteiger partial charge in [-0.3, -0.25) is 4.79 Å². The number of nitrogens with two attached hydrogens (primary N) is 1. The first kappa shape index (κ1) is 12.4. The molecule has 0 aromatic heterocycles. The van der Waals surface area contributed by atoms with Gasteiger partial charge in [-0.25, -0.2) is 0 Å². The average molecular weight is 221 g/mol. The molecule has 4 heteroatoms. The van der Waals surface area contributed by atoms with E-state index in [0.29, 0.717) is 18.2 Å². The molecule has 0 radical (unpaired) electrons. The van der Waals surface area contributed by atoms with Crippen LogP contribution in [0.5, 0.6) is 0 Å². The zero-order valence-electron chi connectivity index (χ0n) is 9.79.